The summed E-state index contributed by atoms with van der Waals surface area (Å²) >= 11 is 0. The Morgan fingerprint density at radius 1 is 0.960 bits per heavy atom. The first-order chi connectivity index (χ1) is 11.0. The van der Waals surface area contributed by atoms with Crippen molar-refractivity contribution in [2.75, 3.05) is 20.1 Å². The summed E-state index contributed by atoms with van der Waals surface area (Å²) in [5.74, 6) is -0.918. The summed E-state index contributed by atoms with van der Waals surface area (Å²) in [7, 11) is 3.08. The molecule has 25 heavy (non-hydrogen) atoms. The number of halogens is 2. The standard InChI is InChI=1S/C17H14BF2NO2.2U/c1-21(7-9-22,8-10-23)18-16-6-5-14(12-17(16)20)13-3-2-4-15(19)11-13;;/h2-6,11-12H,7-8H2,1H3;;/q-1;;. The number of hydrogen-bond acceptors (Lipinski definition) is 2. The molecule has 0 bridgehead atoms. The van der Waals surface area contributed by atoms with Gasteiger partial charge in [0.1, 0.15) is 11.6 Å². The summed E-state index contributed by atoms with van der Waals surface area (Å²) < 4.78 is 27.4. The Bertz CT molecular complexity index is 722. The average molecular weight is 789 g/mol. The zero-order chi connectivity index (χ0) is 16.9. The Morgan fingerprint density at radius 2 is 1.56 bits per heavy atom. The number of quaternary nitrogens is 1. The minimum absolute atomic E-state index is 0. The summed E-state index contributed by atoms with van der Waals surface area (Å²) in [5.41, 5.74) is 1.35. The normalized spacial score (nSPS) is 10.2. The predicted molar refractivity (Wildman–Crippen MR) is 84.5 cm³/mol. The summed E-state index contributed by atoms with van der Waals surface area (Å²) in [6.45, 7) is -0.166. The van der Waals surface area contributed by atoms with Crippen molar-refractivity contribution in [1.82, 2.24) is 0 Å². The number of benzene rings is 2. The van der Waals surface area contributed by atoms with E-state index in [9.17, 15) is 18.4 Å². The van der Waals surface area contributed by atoms with Gasteiger partial charge in [0, 0.05) is 74.7 Å². The average Bonchev–Trinajstić information content (AvgIpc) is 2.50. The smallest absolute Gasteiger partial charge is 0.485 e. The van der Waals surface area contributed by atoms with Gasteiger partial charge in [-0.2, -0.15) is 0 Å². The number of carbonyl (C=O) groups excluding carboxylic acids is 2. The van der Waals surface area contributed by atoms with E-state index < -0.39 is 11.6 Å². The van der Waals surface area contributed by atoms with Gasteiger partial charge in [-0.25, -0.2) is 21.4 Å². The van der Waals surface area contributed by atoms with Crippen molar-refractivity contribution < 1.29 is 85.0 Å². The SMILES string of the molecule is C[N+]([B]c1ccc(-c2cccc(F)c2)cc1F)(C[C-]=O)C[C-]=O.[U].[U]. The van der Waals surface area contributed by atoms with Crippen molar-refractivity contribution >= 4 is 25.4 Å². The molecule has 8 heteroatoms. The molecule has 0 fully saturated rings. The quantitative estimate of drug-likeness (QED) is 0.316. The van der Waals surface area contributed by atoms with E-state index in [4.69, 9.17) is 0 Å². The first-order valence-electron chi connectivity index (χ1n) is 6.93. The van der Waals surface area contributed by atoms with Gasteiger partial charge in [0.15, 0.2) is 0 Å². The molecule has 0 saturated carbocycles. The van der Waals surface area contributed by atoms with Crippen molar-refractivity contribution in [1.29, 1.82) is 0 Å². The van der Waals surface area contributed by atoms with Crippen LogP contribution < -0.4 is 5.46 Å². The van der Waals surface area contributed by atoms with Crippen molar-refractivity contribution in [3.05, 3.63) is 54.1 Å². The molecular formula is C17H14BF2NO2U2-. The Hall–Kier alpha value is -0.231. The van der Waals surface area contributed by atoms with E-state index in [1.807, 2.05) is 0 Å². The molecule has 3 nitrogen and oxygen atoms in total. The first kappa shape index (κ1) is 24.8. The van der Waals surface area contributed by atoms with Gasteiger partial charge >= 0.3 is 7.41 Å². The molecule has 0 aliphatic rings. The maximum atomic E-state index is 14.3. The molecule has 2 aromatic carbocycles. The topological polar surface area (TPSA) is 34.1 Å². The molecule has 0 aliphatic carbocycles. The Morgan fingerprint density at radius 3 is 2.08 bits per heavy atom. The summed E-state index contributed by atoms with van der Waals surface area (Å²) in [4.78, 5) is 21.2. The van der Waals surface area contributed by atoms with Crippen LogP contribution in [0, 0.1) is 73.9 Å². The summed E-state index contributed by atoms with van der Waals surface area (Å²) in [6, 6.07) is 10.4. The minimum Gasteiger partial charge on any atom is -0.537 e. The van der Waals surface area contributed by atoms with Gasteiger partial charge in [-0.15, -0.1) is 0 Å². The van der Waals surface area contributed by atoms with Crippen LogP contribution in [0.5, 0.6) is 0 Å². The molecule has 0 aliphatic heterocycles. The van der Waals surface area contributed by atoms with Gasteiger partial charge in [0.05, 0.1) is 0 Å². The largest absolute Gasteiger partial charge is 0.537 e. The minimum atomic E-state index is -0.520. The van der Waals surface area contributed by atoms with Crippen LogP contribution in [0.15, 0.2) is 42.5 Å². The van der Waals surface area contributed by atoms with Crippen molar-refractivity contribution in [3.63, 3.8) is 0 Å². The maximum absolute atomic E-state index is 14.3. The third-order valence-corrected chi connectivity index (χ3v) is 3.46. The van der Waals surface area contributed by atoms with Crippen molar-refractivity contribution in [2.45, 2.75) is 0 Å². The second kappa shape index (κ2) is 11.5. The van der Waals surface area contributed by atoms with E-state index >= 15 is 0 Å². The monoisotopic (exact) mass is 789 g/mol. The Kier molecular flexibility index (Phi) is 11.4. The van der Waals surface area contributed by atoms with Crippen LogP contribution in [-0.2, 0) is 9.59 Å². The molecule has 1 radical (unpaired) electrons. The van der Waals surface area contributed by atoms with Crippen LogP contribution in [-0.4, -0.2) is 44.5 Å². The van der Waals surface area contributed by atoms with Crippen LogP contribution in [0.2, 0.25) is 0 Å². The van der Waals surface area contributed by atoms with E-state index in [-0.39, 0.29) is 85.2 Å². The number of likely N-dealkylation sites (N-methyl/N-ethyl adjacent to an activating group) is 1. The second-order valence-electron chi connectivity index (χ2n) is 5.46. The number of rotatable bonds is 7. The van der Waals surface area contributed by atoms with Crippen molar-refractivity contribution in [3.8, 4) is 11.1 Å². The van der Waals surface area contributed by atoms with Crippen molar-refractivity contribution in [2.24, 2.45) is 0 Å². The van der Waals surface area contributed by atoms with E-state index in [1.165, 1.54) is 31.7 Å². The van der Waals surface area contributed by atoms with Crippen LogP contribution in [0.3, 0.4) is 0 Å². The van der Waals surface area contributed by atoms with Crippen LogP contribution in [0.4, 0.5) is 8.78 Å². The van der Waals surface area contributed by atoms with Gasteiger partial charge in [0.2, 0.25) is 0 Å². The van der Waals surface area contributed by atoms with E-state index in [2.05, 4.69) is 0 Å². The molecular weight excluding hydrogens is 775 g/mol. The molecule has 0 spiro atoms. The van der Waals surface area contributed by atoms with Gasteiger partial charge in [-0.3, -0.25) is 0 Å². The van der Waals surface area contributed by atoms with E-state index in [0.29, 0.717) is 11.1 Å². The Labute approximate surface area is 194 Å². The predicted octanol–water partition coefficient (Wildman–Crippen LogP) is 1.54. The third-order valence-electron chi connectivity index (χ3n) is 3.46. The zero-order valence-corrected chi connectivity index (χ0v) is 21.9. The molecule has 0 heterocycles. The summed E-state index contributed by atoms with van der Waals surface area (Å²) in [6.07, 6.45) is 3.45. The van der Waals surface area contributed by atoms with Gasteiger partial charge < -0.3 is 14.0 Å². The van der Waals surface area contributed by atoms with E-state index in [0.717, 1.165) is 0 Å². The van der Waals surface area contributed by atoms with Crippen LogP contribution in [0.25, 0.3) is 11.1 Å². The first-order valence-corrected chi connectivity index (χ1v) is 6.93. The molecule has 0 N–H and O–H groups in total. The molecule has 0 saturated heterocycles. The molecule has 2 rings (SSSR count). The van der Waals surface area contributed by atoms with E-state index in [1.54, 1.807) is 37.8 Å². The molecule has 125 valence electrons. The fourth-order valence-corrected chi connectivity index (χ4v) is 2.26. The number of nitrogens with zero attached hydrogens (tertiary/aromatic N) is 1. The summed E-state index contributed by atoms with van der Waals surface area (Å²) in [5, 5.41) is 0. The van der Waals surface area contributed by atoms with Gasteiger partial charge in [-0.1, -0.05) is 24.3 Å². The molecule has 0 aromatic heterocycles. The maximum Gasteiger partial charge on any atom is 0.485 e. The van der Waals surface area contributed by atoms with Gasteiger partial charge in [-0.05, 0) is 42.4 Å². The third kappa shape index (κ3) is 7.12. The number of hydrogen-bond donors (Lipinski definition) is 0. The fraction of sp³-hybridized carbons (Fsp3) is 0.176. The second-order valence-corrected chi connectivity index (χ2v) is 5.46. The molecule has 2 aromatic rings. The zero-order valence-electron chi connectivity index (χ0n) is 13.6. The van der Waals surface area contributed by atoms with Crippen LogP contribution >= 0.6 is 0 Å². The Balaban J connectivity index is 0.00000288. The molecule has 0 amide bonds. The molecule has 0 unspecified atom stereocenters. The van der Waals surface area contributed by atoms with Gasteiger partial charge in [0.25, 0.3) is 0 Å². The fourth-order valence-electron chi connectivity index (χ4n) is 2.26. The van der Waals surface area contributed by atoms with Crippen LogP contribution in [0.1, 0.15) is 0 Å². The molecule has 0 atom stereocenters.